The third-order valence-electron chi connectivity index (χ3n) is 2.23. The van der Waals surface area contributed by atoms with Gasteiger partial charge >= 0.3 is 0 Å². The number of rotatable bonds is 3. The van der Waals surface area contributed by atoms with E-state index in [2.05, 4.69) is 15.3 Å². The van der Waals surface area contributed by atoms with Crippen LogP contribution in [-0.2, 0) is 0 Å². The number of carbonyl (C=O) groups is 2. The molecule has 0 radical (unpaired) electrons. The molecule has 1 aromatic carbocycles. The van der Waals surface area contributed by atoms with Crippen LogP contribution in [0, 0.1) is 0 Å². The molecule has 2 aromatic rings. The van der Waals surface area contributed by atoms with E-state index in [1.54, 1.807) is 12.1 Å². The predicted octanol–water partition coefficient (Wildman–Crippen LogP) is 0.746. The predicted molar refractivity (Wildman–Crippen MR) is 65.8 cm³/mol. The number of carboxylic acids is 1. The lowest BCUT2D eigenvalue weighted by atomic mass is 10.2. The minimum Gasteiger partial charge on any atom is -0.543 e. The molecular formula is C12H7ClN3O3-. The molecule has 0 aliphatic carbocycles. The number of nitrogens with zero attached hydrogens (tertiary/aromatic N) is 2. The number of amides is 1. The maximum Gasteiger partial charge on any atom is 0.256 e. The number of carboxylic acid groups (broad SMARTS) is 1. The summed E-state index contributed by atoms with van der Waals surface area (Å²) >= 11 is 5.70. The van der Waals surface area contributed by atoms with Gasteiger partial charge in [-0.05, 0) is 24.3 Å². The minimum absolute atomic E-state index is 0.164. The Morgan fingerprint density at radius 1 is 1.11 bits per heavy atom. The van der Waals surface area contributed by atoms with E-state index in [1.165, 1.54) is 24.5 Å². The summed E-state index contributed by atoms with van der Waals surface area (Å²) in [6.07, 6.45) is 2.47. The molecule has 1 amide bonds. The number of hydrogen-bond acceptors (Lipinski definition) is 5. The molecule has 0 saturated carbocycles. The van der Waals surface area contributed by atoms with E-state index in [0.717, 1.165) is 0 Å². The zero-order valence-corrected chi connectivity index (χ0v) is 10.2. The second-order valence-electron chi connectivity index (χ2n) is 3.50. The lowest BCUT2D eigenvalue weighted by Crippen LogP contribution is -2.26. The van der Waals surface area contributed by atoms with Crippen LogP contribution in [0.5, 0.6) is 0 Å². The summed E-state index contributed by atoms with van der Waals surface area (Å²) in [6.45, 7) is 0. The zero-order chi connectivity index (χ0) is 13.8. The van der Waals surface area contributed by atoms with Gasteiger partial charge in [-0.3, -0.25) is 4.79 Å². The normalized spacial score (nSPS) is 9.95. The van der Waals surface area contributed by atoms with Crippen molar-refractivity contribution >= 4 is 29.3 Å². The minimum atomic E-state index is -1.51. The first-order valence-corrected chi connectivity index (χ1v) is 5.55. The molecule has 7 heteroatoms. The molecule has 1 N–H and O–H groups in total. The van der Waals surface area contributed by atoms with E-state index in [4.69, 9.17) is 11.6 Å². The maximum atomic E-state index is 11.9. The van der Waals surface area contributed by atoms with Crippen molar-refractivity contribution in [1.29, 1.82) is 0 Å². The monoisotopic (exact) mass is 276 g/mol. The summed E-state index contributed by atoms with van der Waals surface area (Å²) < 4.78 is 0. The Labute approximate surface area is 113 Å². The average Bonchev–Trinajstić information content (AvgIpc) is 2.39. The molecule has 1 aromatic heterocycles. The van der Waals surface area contributed by atoms with Crippen LogP contribution in [0.4, 0.5) is 5.82 Å². The van der Waals surface area contributed by atoms with Gasteiger partial charge in [-0.15, -0.1) is 0 Å². The summed E-state index contributed by atoms with van der Waals surface area (Å²) in [5, 5.41) is 13.6. The largest absolute Gasteiger partial charge is 0.543 e. The molecule has 96 valence electrons. The maximum absolute atomic E-state index is 11.9. The highest BCUT2D eigenvalue weighted by molar-refractivity contribution is 6.30. The molecule has 19 heavy (non-hydrogen) atoms. The second-order valence-corrected chi connectivity index (χ2v) is 3.94. The Kier molecular flexibility index (Phi) is 3.72. The fourth-order valence-corrected chi connectivity index (χ4v) is 1.49. The number of carbonyl (C=O) groups excluding carboxylic acids is 2. The molecule has 0 aliphatic rings. The van der Waals surface area contributed by atoms with Crippen molar-refractivity contribution in [2.45, 2.75) is 0 Å². The van der Waals surface area contributed by atoms with Crippen molar-refractivity contribution in [1.82, 2.24) is 9.97 Å². The SMILES string of the molecule is O=C(Nc1nccnc1C(=O)[O-])c1ccc(Cl)cc1. The molecule has 0 spiro atoms. The highest BCUT2D eigenvalue weighted by Crippen LogP contribution is 2.12. The molecule has 1 heterocycles. The number of aromatic nitrogens is 2. The van der Waals surface area contributed by atoms with Gasteiger partial charge in [0.1, 0.15) is 5.69 Å². The lowest BCUT2D eigenvalue weighted by Gasteiger charge is -2.09. The van der Waals surface area contributed by atoms with Gasteiger partial charge in [-0.25, -0.2) is 9.97 Å². The van der Waals surface area contributed by atoms with Crippen molar-refractivity contribution in [2.75, 3.05) is 5.32 Å². The summed E-state index contributed by atoms with van der Waals surface area (Å²) in [5.74, 6) is -2.19. The Balaban J connectivity index is 2.24. The van der Waals surface area contributed by atoms with Crippen LogP contribution in [0.2, 0.25) is 5.02 Å². The van der Waals surface area contributed by atoms with Crippen molar-refractivity contribution < 1.29 is 14.7 Å². The third-order valence-corrected chi connectivity index (χ3v) is 2.48. The smallest absolute Gasteiger partial charge is 0.256 e. The number of aromatic carboxylic acids is 1. The molecular weight excluding hydrogens is 270 g/mol. The van der Waals surface area contributed by atoms with E-state index in [1.807, 2.05) is 0 Å². The van der Waals surface area contributed by atoms with Crippen molar-refractivity contribution in [3.05, 3.63) is 52.9 Å². The van der Waals surface area contributed by atoms with Crippen molar-refractivity contribution in [2.24, 2.45) is 0 Å². The van der Waals surface area contributed by atoms with E-state index >= 15 is 0 Å². The van der Waals surface area contributed by atoms with Crippen molar-refractivity contribution in [3.63, 3.8) is 0 Å². The Morgan fingerprint density at radius 3 is 2.37 bits per heavy atom. The van der Waals surface area contributed by atoms with Gasteiger partial charge in [-0.1, -0.05) is 11.6 Å². The second kappa shape index (κ2) is 5.45. The molecule has 6 nitrogen and oxygen atoms in total. The molecule has 2 rings (SSSR count). The fourth-order valence-electron chi connectivity index (χ4n) is 1.36. The van der Waals surface area contributed by atoms with Crippen LogP contribution in [0.3, 0.4) is 0 Å². The molecule has 0 atom stereocenters. The number of anilines is 1. The van der Waals surface area contributed by atoms with Crippen LogP contribution in [-0.4, -0.2) is 21.8 Å². The van der Waals surface area contributed by atoms with Crippen molar-refractivity contribution in [3.8, 4) is 0 Å². The summed E-state index contributed by atoms with van der Waals surface area (Å²) in [5.41, 5.74) is -0.107. The van der Waals surface area contributed by atoms with Gasteiger partial charge in [-0.2, -0.15) is 0 Å². The highest BCUT2D eigenvalue weighted by Gasteiger charge is 2.11. The first-order valence-electron chi connectivity index (χ1n) is 5.17. The molecule has 0 unspecified atom stereocenters. The van der Waals surface area contributed by atoms with Gasteiger partial charge < -0.3 is 15.2 Å². The van der Waals surface area contributed by atoms with Crippen LogP contribution in [0.15, 0.2) is 36.7 Å². The molecule has 0 bridgehead atoms. The highest BCUT2D eigenvalue weighted by atomic mass is 35.5. The Morgan fingerprint density at radius 2 is 1.74 bits per heavy atom. The topological polar surface area (TPSA) is 95.0 Å². The quantitative estimate of drug-likeness (QED) is 0.892. The van der Waals surface area contributed by atoms with Gasteiger partial charge in [0.2, 0.25) is 0 Å². The third kappa shape index (κ3) is 3.05. The summed E-state index contributed by atoms with van der Waals surface area (Å²) in [7, 11) is 0. The fraction of sp³-hybridized carbons (Fsp3) is 0. The van der Waals surface area contributed by atoms with E-state index in [0.29, 0.717) is 10.6 Å². The first kappa shape index (κ1) is 13.0. The average molecular weight is 277 g/mol. The Hall–Kier alpha value is -2.47. The standard InChI is InChI=1S/C12H8ClN3O3/c13-8-3-1-7(2-4-8)11(17)16-10-9(12(18)19)14-5-6-15-10/h1-6H,(H,18,19)(H,15,16,17)/p-1. The van der Waals surface area contributed by atoms with Gasteiger partial charge in [0.05, 0.1) is 5.97 Å². The van der Waals surface area contributed by atoms with Gasteiger partial charge in [0, 0.05) is 23.0 Å². The number of benzene rings is 1. The van der Waals surface area contributed by atoms with E-state index in [-0.39, 0.29) is 5.82 Å². The lowest BCUT2D eigenvalue weighted by molar-refractivity contribution is -0.255. The van der Waals surface area contributed by atoms with Gasteiger partial charge in [0.15, 0.2) is 5.82 Å². The van der Waals surface area contributed by atoms with Crippen LogP contribution < -0.4 is 10.4 Å². The number of hydrogen-bond donors (Lipinski definition) is 1. The first-order chi connectivity index (χ1) is 9.08. The number of nitrogens with one attached hydrogen (secondary N) is 1. The molecule has 0 aliphatic heterocycles. The molecule has 0 fully saturated rings. The van der Waals surface area contributed by atoms with Crippen LogP contribution >= 0.6 is 11.6 Å². The van der Waals surface area contributed by atoms with Crippen LogP contribution in [0.1, 0.15) is 20.8 Å². The summed E-state index contributed by atoms with van der Waals surface area (Å²) in [4.78, 5) is 30.0. The zero-order valence-electron chi connectivity index (χ0n) is 9.46. The van der Waals surface area contributed by atoms with Crippen LogP contribution in [0.25, 0.3) is 0 Å². The van der Waals surface area contributed by atoms with E-state index < -0.39 is 17.6 Å². The Bertz CT molecular complexity index is 628. The van der Waals surface area contributed by atoms with Gasteiger partial charge in [0.25, 0.3) is 5.91 Å². The molecule has 0 saturated heterocycles. The number of halogens is 1. The summed E-state index contributed by atoms with van der Waals surface area (Å²) in [6, 6.07) is 6.11. The van der Waals surface area contributed by atoms with E-state index in [9.17, 15) is 14.7 Å².